The average molecular weight is 272 g/mol. The van der Waals surface area contributed by atoms with Crippen molar-refractivity contribution in [1.29, 1.82) is 0 Å². The molecule has 5 rings (SSSR count). The molecule has 0 saturated heterocycles. The second kappa shape index (κ2) is 3.61. The van der Waals surface area contributed by atoms with Crippen LogP contribution >= 0.6 is 0 Å². The Labute approximate surface area is 120 Å². The number of aromatic nitrogens is 4. The molecule has 0 atom stereocenters. The summed E-state index contributed by atoms with van der Waals surface area (Å²) in [6.07, 6.45) is 7.72. The molecule has 0 aliphatic carbocycles. The van der Waals surface area contributed by atoms with Gasteiger partial charge in [-0.1, -0.05) is 0 Å². The monoisotopic (exact) mass is 272 g/mol. The second-order valence-electron chi connectivity index (χ2n) is 5.38. The first-order valence-electron chi connectivity index (χ1n) is 6.91. The number of benzene rings is 1. The Morgan fingerprint density at radius 2 is 1.71 bits per heavy atom. The lowest BCUT2D eigenvalue weighted by Crippen LogP contribution is -1.93. The zero-order valence-electron chi connectivity index (χ0n) is 11.5. The number of aryl methyl sites for hydroxylation is 1. The predicted molar refractivity (Wildman–Crippen MR) is 84.5 cm³/mol. The number of rotatable bonds is 0. The van der Waals surface area contributed by atoms with Gasteiger partial charge in [0.05, 0.1) is 0 Å². The largest absolute Gasteiger partial charge is 0.351 e. The van der Waals surface area contributed by atoms with Crippen molar-refractivity contribution in [2.45, 2.75) is 0 Å². The normalized spacial score (nSPS) is 12.0. The van der Waals surface area contributed by atoms with Gasteiger partial charge in [-0.15, -0.1) is 0 Å². The van der Waals surface area contributed by atoms with Crippen molar-refractivity contribution in [1.82, 2.24) is 18.9 Å². The van der Waals surface area contributed by atoms with Crippen LogP contribution in [0.1, 0.15) is 0 Å². The summed E-state index contributed by atoms with van der Waals surface area (Å²) in [6, 6.07) is 10.7. The first kappa shape index (κ1) is 10.9. The van der Waals surface area contributed by atoms with E-state index in [0.717, 1.165) is 22.1 Å². The Bertz CT molecular complexity index is 1150. The average Bonchev–Trinajstić information content (AvgIpc) is 3.14. The molecule has 4 nitrogen and oxygen atoms in total. The lowest BCUT2D eigenvalue weighted by atomic mass is 10.1. The van der Waals surface area contributed by atoms with Crippen molar-refractivity contribution < 1.29 is 0 Å². The first-order valence-corrected chi connectivity index (χ1v) is 6.91. The quantitative estimate of drug-likeness (QED) is 0.404. The number of nitrogens with zero attached hydrogens (tertiary/aromatic N) is 4. The van der Waals surface area contributed by atoms with Crippen molar-refractivity contribution in [3.05, 3.63) is 55.1 Å². The summed E-state index contributed by atoms with van der Waals surface area (Å²) < 4.78 is 4.20. The summed E-state index contributed by atoms with van der Waals surface area (Å²) in [7, 11) is 2.07. The molecule has 0 aliphatic rings. The van der Waals surface area contributed by atoms with E-state index < -0.39 is 0 Å². The fraction of sp³-hybridized carbons (Fsp3) is 0.0588. The summed E-state index contributed by atoms with van der Waals surface area (Å²) in [5, 5.41) is 4.76. The van der Waals surface area contributed by atoms with E-state index >= 15 is 0 Å². The number of pyridine rings is 2. The van der Waals surface area contributed by atoms with Crippen LogP contribution in [0.4, 0.5) is 0 Å². The van der Waals surface area contributed by atoms with Gasteiger partial charge in [0.1, 0.15) is 11.3 Å². The smallest absolute Gasteiger partial charge is 0.146 e. The summed E-state index contributed by atoms with van der Waals surface area (Å²) in [4.78, 5) is 9.07. The van der Waals surface area contributed by atoms with E-state index in [0.29, 0.717) is 0 Å². The van der Waals surface area contributed by atoms with Crippen molar-refractivity contribution in [3.8, 4) is 0 Å². The molecule has 0 spiro atoms. The van der Waals surface area contributed by atoms with Crippen LogP contribution in [0.3, 0.4) is 0 Å². The zero-order valence-corrected chi connectivity index (χ0v) is 11.5. The predicted octanol–water partition coefficient (Wildman–Crippen LogP) is 3.53. The maximum absolute atomic E-state index is 4.53. The third-order valence-corrected chi connectivity index (χ3v) is 4.21. The summed E-state index contributed by atoms with van der Waals surface area (Å²) >= 11 is 0. The number of hydrogen-bond donors (Lipinski definition) is 0. The molecule has 0 saturated carbocycles. The molecular weight excluding hydrogens is 260 g/mol. The standard InChI is InChI=1S/C17H12N4/c1-20-7-4-11-9-13-12-3-2-5-18-16(12)21-8-6-19-17(21)14(13)10-15(11)20/h2-10H,1H3. The molecule has 0 fully saturated rings. The lowest BCUT2D eigenvalue weighted by Gasteiger charge is -2.08. The Balaban J connectivity index is 2.19. The highest BCUT2D eigenvalue weighted by Crippen LogP contribution is 2.31. The summed E-state index contributed by atoms with van der Waals surface area (Å²) in [5.41, 5.74) is 3.13. The van der Waals surface area contributed by atoms with Crippen LogP contribution in [-0.4, -0.2) is 18.9 Å². The van der Waals surface area contributed by atoms with E-state index in [1.807, 2.05) is 24.7 Å². The van der Waals surface area contributed by atoms with Crippen LogP contribution in [-0.2, 0) is 7.05 Å². The molecular formula is C17H12N4. The Morgan fingerprint density at radius 3 is 2.67 bits per heavy atom. The Morgan fingerprint density at radius 1 is 0.857 bits per heavy atom. The third kappa shape index (κ3) is 1.29. The molecule has 1 aromatic carbocycles. The zero-order chi connectivity index (χ0) is 14.0. The van der Waals surface area contributed by atoms with Gasteiger partial charge < -0.3 is 4.57 Å². The highest BCUT2D eigenvalue weighted by molar-refractivity contribution is 6.14. The van der Waals surface area contributed by atoms with Gasteiger partial charge in [-0.3, -0.25) is 4.40 Å². The van der Waals surface area contributed by atoms with E-state index in [9.17, 15) is 0 Å². The minimum atomic E-state index is 0.952. The molecule has 0 amide bonds. The molecule has 0 N–H and O–H groups in total. The number of imidazole rings is 1. The fourth-order valence-electron chi connectivity index (χ4n) is 3.20. The molecule has 4 heterocycles. The van der Waals surface area contributed by atoms with Gasteiger partial charge in [0.2, 0.25) is 0 Å². The van der Waals surface area contributed by atoms with Gasteiger partial charge in [0, 0.05) is 53.5 Å². The molecule has 0 unspecified atom stereocenters. The minimum Gasteiger partial charge on any atom is -0.351 e. The van der Waals surface area contributed by atoms with Gasteiger partial charge >= 0.3 is 0 Å². The van der Waals surface area contributed by atoms with Crippen LogP contribution in [0.25, 0.3) is 38.4 Å². The molecule has 4 heteroatoms. The Hall–Kier alpha value is -2.88. The van der Waals surface area contributed by atoms with Gasteiger partial charge in [0.15, 0.2) is 0 Å². The fourth-order valence-corrected chi connectivity index (χ4v) is 3.20. The molecule has 0 bridgehead atoms. The minimum absolute atomic E-state index is 0.952. The van der Waals surface area contributed by atoms with Crippen molar-refractivity contribution >= 4 is 38.4 Å². The SMILES string of the molecule is Cn1ccc2cc3c4cccnc4n4ccnc4c3cc21. The highest BCUT2D eigenvalue weighted by Gasteiger charge is 2.11. The van der Waals surface area contributed by atoms with Crippen LogP contribution in [0, 0.1) is 0 Å². The highest BCUT2D eigenvalue weighted by atomic mass is 15.0. The lowest BCUT2D eigenvalue weighted by molar-refractivity contribution is 0.970. The molecule has 4 aromatic heterocycles. The van der Waals surface area contributed by atoms with E-state index in [1.54, 1.807) is 0 Å². The van der Waals surface area contributed by atoms with Gasteiger partial charge in [0.25, 0.3) is 0 Å². The maximum atomic E-state index is 4.53. The van der Waals surface area contributed by atoms with Crippen molar-refractivity contribution in [3.63, 3.8) is 0 Å². The summed E-state index contributed by atoms with van der Waals surface area (Å²) in [6.45, 7) is 0. The molecule has 5 aromatic rings. The van der Waals surface area contributed by atoms with Crippen LogP contribution in [0.2, 0.25) is 0 Å². The first-order chi connectivity index (χ1) is 10.3. The van der Waals surface area contributed by atoms with Gasteiger partial charge in [-0.05, 0) is 35.7 Å². The topological polar surface area (TPSA) is 35.1 Å². The number of hydrogen-bond acceptors (Lipinski definition) is 2. The maximum Gasteiger partial charge on any atom is 0.146 e. The van der Waals surface area contributed by atoms with E-state index in [2.05, 4.69) is 56.4 Å². The van der Waals surface area contributed by atoms with Crippen LogP contribution in [0.15, 0.2) is 55.1 Å². The van der Waals surface area contributed by atoms with E-state index in [4.69, 9.17) is 0 Å². The van der Waals surface area contributed by atoms with Crippen LogP contribution in [0.5, 0.6) is 0 Å². The van der Waals surface area contributed by atoms with Crippen molar-refractivity contribution in [2.24, 2.45) is 7.05 Å². The van der Waals surface area contributed by atoms with Crippen molar-refractivity contribution in [2.75, 3.05) is 0 Å². The van der Waals surface area contributed by atoms with Gasteiger partial charge in [-0.2, -0.15) is 0 Å². The molecule has 21 heavy (non-hydrogen) atoms. The molecule has 0 aliphatic heterocycles. The Kier molecular flexibility index (Phi) is 1.86. The third-order valence-electron chi connectivity index (χ3n) is 4.21. The number of fused-ring (bicyclic) bond motifs is 7. The second-order valence-corrected chi connectivity index (χ2v) is 5.38. The van der Waals surface area contributed by atoms with E-state index in [1.165, 1.54) is 16.3 Å². The molecule has 0 radical (unpaired) electrons. The summed E-state index contributed by atoms with van der Waals surface area (Å²) in [5.74, 6) is 0. The van der Waals surface area contributed by atoms with E-state index in [-0.39, 0.29) is 0 Å². The van der Waals surface area contributed by atoms with Gasteiger partial charge in [-0.25, -0.2) is 9.97 Å². The van der Waals surface area contributed by atoms with Crippen LogP contribution < -0.4 is 0 Å². The molecule has 100 valence electrons.